The number of nitrogens with zero attached hydrogens (tertiary/aromatic N) is 2. The molecule has 7 nitrogen and oxygen atoms in total. The Balaban J connectivity index is 1.55. The molecule has 0 aliphatic rings. The first-order chi connectivity index (χ1) is 15.9. The van der Waals surface area contributed by atoms with Crippen molar-refractivity contribution in [2.45, 2.75) is 37.7 Å². The van der Waals surface area contributed by atoms with E-state index in [1.165, 1.54) is 11.8 Å². The first-order valence-corrected chi connectivity index (χ1v) is 11.4. The molecule has 0 radical (unpaired) electrons. The van der Waals surface area contributed by atoms with E-state index in [2.05, 4.69) is 20.6 Å². The maximum atomic E-state index is 12.8. The molecule has 0 aliphatic carbocycles. The first-order valence-electron chi connectivity index (χ1n) is 10.5. The maximum absolute atomic E-state index is 12.8. The van der Waals surface area contributed by atoms with Crippen LogP contribution in [0, 0.1) is 13.8 Å². The fourth-order valence-corrected chi connectivity index (χ4v) is 4.07. The van der Waals surface area contributed by atoms with Gasteiger partial charge in [-0.15, -0.1) is 0 Å². The van der Waals surface area contributed by atoms with Gasteiger partial charge in [0.25, 0.3) is 5.91 Å². The topological polar surface area (TPSA) is 97.1 Å². The zero-order chi connectivity index (χ0) is 23.4. The van der Waals surface area contributed by atoms with Gasteiger partial charge in [0.15, 0.2) is 5.16 Å². The normalized spacial score (nSPS) is 11.8. The fraction of sp³-hybridized carbons (Fsp3) is 0.200. The Labute approximate surface area is 196 Å². The number of amides is 2. The third-order valence-electron chi connectivity index (χ3n) is 5.24. The van der Waals surface area contributed by atoms with Crippen LogP contribution in [0.2, 0.25) is 0 Å². The average molecular weight is 461 g/mol. The third kappa shape index (κ3) is 5.23. The van der Waals surface area contributed by atoms with Crippen LogP contribution in [0.5, 0.6) is 0 Å². The lowest BCUT2D eigenvalue weighted by Crippen LogP contribution is -2.30. The summed E-state index contributed by atoms with van der Waals surface area (Å²) in [6.07, 6.45) is 0. The molecule has 2 aromatic carbocycles. The highest BCUT2D eigenvalue weighted by Gasteiger charge is 2.21. The van der Waals surface area contributed by atoms with Gasteiger partial charge in [-0.05, 0) is 38.5 Å². The smallest absolute Gasteiger partial charge is 0.256 e. The van der Waals surface area contributed by atoms with E-state index in [9.17, 15) is 9.59 Å². The predicted molar refractivity (Wildman–Crippen MR) is 129 cm³/mol. The highest BCUT2D eigenvalue weighted by molar-refractivity contribution is 8.00. The molecular formula is C25H24N4O3S. The summed E-state index contributed by atoms with van der Waals surface area (Å²) in [6.45, 7) is 5.97. The number of carbonyl (C=O) groups is 2. The number of aryl methyl sites for hydroxylation is 2. The lowest BCUT2D eigenvalue weighted by Gasteiger charge is -2.12. The van der Waals surface area contributed by atoms with E-state index in [4.69, 9.17) is 4.42 Å². The van der Waals surface area contributed by atoms with Gasteiger partial charge in [0.2, 0.25) is 11.6 Å². The van der Waals surface area contributed by atoms with E-state index in [1.807, 2.05) is 50.2 Å². The molecule has 0 bridgehead atoms. The number of nitrogens with one attached hydrogen (secondary N) is 2. The number of benzene rings is 2. The number of carbonyl (C=O) groups excluding carboxylic acids is 2. The summed E-state index contributed by atoms with van der Waals surface area (Å²) in [4.78, 5) is 34.4. The molecule has 0 aliphatic heterocycles. The summed E-state index contributed by atoms with van der Waals surface area (Å²) in [7, 11) is 0. The number of fused-ring (bicyclic) bond motifs is 1. The standard InChI is InChI=1S/C25H24N4O3S/c1-15-16(2)32-24-20(15)21(27-23(31)19-12-8-5-9-13-19)28-25(29-24)33-17(3)22(30)26-14-18-10-6-4-7-11-18/h4-13,17H,14H2,1-3H3,(H,26,30)(H,27,28,29,31). The molecule has 168 valence electrons. The van der Waals surface area contributed by atoms with Crippen molar-refractivity contribution in [1.82, 2.24) is 15.3 Å². The molecule has 2 aromatic heterocycles. The summed E-state index contributed by atoms with van der Waals surface area (Å²) in [5.74, 6) is 0.653. The molecule has 2 heterocycles. The van der Waals surface area contributed by atoms with Crippen LogP contribution in [0.3, 0.4) is 0 Å². The van der Waals surface area contributed by atoms with Crippen molar-refractivity contribution in [3.63, 3.8) is 0 Å². The molecule has 1 atom stereocenters. The van der Waals surface area contributed by atoms with Gasteiger partial charge in [-0.2, -0.15) is 4.98 Å². The molecule has 0 saturated carbocycles. The minimum absolute atomic E-state index is 0.130. The van der Waals surface area contributed by atoms with Gasteiger partial charge < -0.3 is 15.1 Å². The Morgan fingerprint density at radius 2 is 1.67 bits per heavy atom. The van der Waals surface area contributed by atoms with Crippen LogP contribution in [0.4, 0.5) is 5.82 Å². The van der Waals surface area contributed by atoms with Crippen LogP contribution in [0.15, 0.2) is 70.2 Å². The Hall–Kier alpha value is -3.65. The molecule has 33 heavy (non-hydrogen) atoms. The number of anilines is 1. The van der Waals surface area contributed by atoms with Crippen LogP contribution in [-0.4, -0.2) is 27.0 Å². The second-order valence-electron chi connectivity index (χ2n) is 7.60. The van der Waals surface area contributed by atoms with Crippen LogP contribution < -0.4 is 10.6 Å². The second-order valence-corrected chi connectivity index (χ2v) is 8.91. The summed E-state index contributed by atoms with van der Waals surface area (Å²) in [5.41, 5.74) is 2.78. The molecule has 8 heteroatoms. The lowest BCUT2D eigenvalue weighted by atomic mass is 10.2. The number of thioether (sulfide) groups is 1. The average Bonchev–Trinajstić information content (AvgIpc) is 3.12. The van der Waals surface area contributed by atoms with Gasteiger partial charge in [0, 0.05) is 17.7 Å². The van der Waals surface area contributed by atoms with Crippen molar-refractivity contribution in [2.24, 2.45) is 0 Å². The molecule has 2 N–H and O–H groups in total. The van der Waals surface area contributed by atoms with E-state index in [-0.39, 0.29) is 11.8 Å². The van der Waals surface area contributed by atoms with E-state index in [1.54, 1.807) is 31.2 Å². The van der Waals surface area contributed by atoms with Gasteiger partial charge in [-0.1, -0.05) is 60.3 Å². The predicted octanol–water partition coefficient (Wildman–Crippen LogP) is 4.89. The summed E-state index contributed by atoms with van der Waals surface area (Å²) >= 11 is 1.21. The number of hydrogen-bond donors (Lipinski definition) is 2. The van der Waals surface area contributed by atoms with E-state index in [0.29, 0.717) is 39.9 Å². The molecule has 0 saturated heterocycles. The number of hydrogen-bond acceptors (Lipinski definition) is 6. The highest BCUT2D eigenvalue weighted by Crippen LogP contribution is 2.32. The fourth-order valence-electron chi connectivity index (χ4n) is 3.28. The summed E-state index contributed by atoms with van der Waals surface area (Å²) in [6, 6.07) is 18.6. The van der Waals surface area contributed by atoms with Crippen molar-refractivity contribution in [1.29, 1.82) is 0 Å². The van der Waals surface area contributed by atoms with E-state index < -0.39 is 5.25 Å². The molecular weight excluding hydrogens is 436 g/mol. The highest BCUT2D eigenvalue weighted by atomic mass is 32.2. The zero-order valence-electron chi connectivity index (χ0n) is 18.6. The molecule has 1 unspecified atom stereocenters. The Morgan fingerprint density at radius 1 is 1.00 bits per heavy atom. The number of furan rings is 1. The summed E-state index contributed by atoms with van der Waals surface area (Å²) < 4.78 is 5.80. The Bertz CT molecular complexity index is 1290. The monoisotopic (exact) mass is 460 g/mol. The zero-order valence-corrected chi connectivity index (χ0v) is 19.4. The Kier molecular flexibility index (Phi) is 6.74. The molecule has 4 rings (SSSR count). The van der Waals surface area contributed by atoms with Crippen LogP contribution in [0.1, 0.15) is 34.2 Å². The van der Waals surface area contributed by atoms with Crippen molar-refractivity contribution in [3.8, 4) is 0 Å². The molecule has 0 spiro atoms. The quantitative estimate of drug-likeness (QED) is 0.301. The first kappa shape index (κ1) is 22.5. The van der Waals surface area contributed by atoms with Crippen molar-refractivity contribution >= 4 is 40.5 Å². The lowest BCUT2D eigenvalue weighted by molar-refractivity contribution is -0.120. The number of aromatic nitrogens is 2. The van der Waals surface area contributed by atoms with E-state index >= 15 is 0 Å². The van der Waals surface area contributed by atoms with E-state index in [0.717, 1.165) is 11.1 Å². The number of rotatable bonds is 7. The van der Waals surface area contributed by atoms with Crippen molar-refractivity contribution < 1.29 is 14.0 Å². The molecule has 4 aromatic rings. The Morgan fingerprint density at radius 3 is 2.36 bits per heavy atom. The van der Waals surface area contributed by atoms with Crippen molar-refractivity contribution in [3.05, 3.63) is 83.1 Å². The minimum Gasteiger partial charge on any atom is -0.443 e. The molecule has 0 fully saturated rings. The SMILES string of the molecule is Cc1oc2nc(SC(C)C(=O)NCc3ccccc3)nc(NC(=O)c3ccccc3)c2c1C. The van der Waals surface area contributed by atoms with Crippen molar-refractivity contribution in [2.75, 3.05) is 5.32 Å². The maximum Gasteiger partial charge on any atom is 0.256 e. The summed E-state index contributed by atoms with van der Waals surface area (Å²) in [5, 5.41) is 6.37. The second kappa shape index (κ2) is 9.87. The van der Waals surface area contributed by atoms with Gasteiger partial charge >= 0.3 is 0 Å². The van der Waals surface area contributed by atoms with Gasteiger partial charge in [0.05, 0.1) is 10.6 Å². The minimum atomic E-state index is -0.444. The van der Waals surface area contributed by atoms with Crippen LogP contribution in [-0.2, 0) is 11.3 Å². The van der Waals surface area contributed by atoms with Gasteiger partial charge in [-0.3, -0.25) is 9.59 Å². The van der Waals surface area contributed by atoms with Crippen LogP contribution >= 0.6 is 11.8 Å². The van der Waals surface area contributed by atoms with Gasteiger partial charge in [-0.25, -0.2) is 4.98 Å². The van der Waals surface area contributed by atoms with Gasteiger partial charge in [0.1, 0.15) is 11.6 Å². The molecule has 2 amide bonds. The third-order valence-corrected chi connectivity index (χ3v) is 6.20. The van der Waals surface area contributed by atoms with Crippen LogP contribution in [0.25, 0.3) is 11.1 Å². The largest absolute Gasteiger partial charge is 0.443 e.